The molecule has 0 aliphatic carbocycles. The second-order valence-corrected chi connectivity index (χ2v) is 7.19. The maximum atomic E-state index is 12.6. The van der Waals surface area contributed by atoms with Gasteiger partial charge in [-0.3, -0.25) is 9.59 Å². The summed E-state index contributed by atoms with van der Waals surface area (Å²) in [6, 6.07) is 9.54. The Labute approximate surface area is 152 Å². The van der Waals surface area contributed by atoms with Gasteiger partial charge in [-0.15, -0.1) is 0 Å². The van der Waals surface area contributed by atoms with Crippen LogP contribution < -0.4 is 15.5 Å². The van der Waals surface area contributed by atoms with E-state index in [-0.39, 0.29) is 34.9 Å². The number of rotatable bonds is 3. The van der Waals surface area contributed by atoms with E-state index in [9.17, 15) is 9.59 Å². The third kappa shape index (κ3) is 2.77. The molecule has 1 amide bonds. The van der Waals surface area contributed by atoms with Crippen molar-refractivity contribution in [3.05, 3.63) is 62.5 Å². The molecule has 130 valence electrons. The molecular formula is C18H17BrN2O4. The number of fused-ring (bicyclic) bond motifs is 2. The van der Waals surface area contributed by atoms with Crippen molar-refractivity contribution in [1.82, 2.24) is 9.88 Å². The van der Waals surface area contributed by atoms with Crippen LogP contribution in [0.4, 0.5) is 0 Å². The van der Waals surface area contributed by atoms with Crippen molar-refractivity contribution in [2.24, 2.45) is 0 Å². The van der Waals surface area contributed by atoms with Gasteiger partial charge < -0.3 is 19.4 Å². The van der Waals surface area contributed by atoms with Crippen LogP contribution in [0.2, 0.25) is 0 Å². The number of halogens is 1. The van der Waals surface area contributed by atoms with Gasteiger partial charge in [0.25, 0.3) is 5.91 Å². The first-order chi connectivity index (χ1) is 12.1. The second-order valence-electron chi connectivity index (χ2n) is 6.34. The highest BCUT2D eigenvalue weighted by atomic mass is 79.9. The summed E-state index contributed by atoms with van der Waals surface area (Å²) in [5, 5.41) is 2.88. The summed E-state index contributed by atoms with van der Waals surface area (Å²) in [7, 11) is 0. The average Bonchev–Trinajstić information content (AvgIpc) is 3.10. The third-order valence-corrected chi connectivity index (χ3v) is 5.30. The summed E-state index contributed by atoms with van der Waals surface area (Å²) in [5.74, 6) is -0.230. The fourth-order valence-electron chi connectivity index (χ4n) is 3.35. The van der Waals surface area contributed by atoms with Gasteiger partial charge in [-0.25, -0.2) is 0 Å². The molecule has 7 heteroatoms. The van der Waals surface area contributed by atoms with Gasteiger partial charge in [0.05, 0.1) is 16.6 Å². The van der Waals surface area contributed by atoms with Crippen molar-refractivity contribution in [1.29, 1.82) is 0 Å². The van der Waals surface area contributed by atoms with E-state index in [0.29, 0.717) is 24.2 Å². The van der Waals surface area contributed by atoms with E-state index >= 15 is 0 Å². The smallest absolute Gasteiger partial charge is 0.272 e. The Bertz CT molecular complexity index is 873. The topological polar surface area (TPSA) is 69.6 Å². The zero-order valence-electron chi connectivity index (χ0n) is 13.5. The summed E-state index contributed by atoms with van der Waals surface area (Å²) < 4.78 is 13.6. The van der Waals surface area contributed by atoms with Gasteiger partial charge in [0.2, 0.25) is 5.43 Å². The van der Waals surface area contributed by atoms with E-state index in [1.165, 1.54) is 0 Å². The molecule has 1 saturated heterocycles. The number of amides is 1. The van der Waals surface area contributed by atoms with Gasteiger partial charge in [0.1, 0.15) is 6.61 Å². The number of nitrogens with one attached hydrogen (secondary N) is 1. The lowest BCUT2D eigenvalue weighted by atomic mass is 9.94. The molecule has 0 radical (unpaired) electrons. The Hall–Kier alpha value is -2.12. The maximum absolute atomic E-state index is 12.6. The number of aromatic nitrogens is 1. The second kappa shape index (κ2) is 6.31. The molecule has 1 N–H and O–H groups in total. The van der Waals surface area contributed by atoms with Gasteiger partial charge in [0.15, 0.2) is 11.4 Å². The minimum atomic E-state index is -0.371. The zero-order chi connectivity index (χ0) is 17.4. The van der Waals surface area contributed by atoms with Gasteiger partial charge >= 0.3 is 0 Å². The van der Waals surface area contributed by atoms with E-state index in [2.05, 4.69) is 21.2 Å². The maximum Gasteiger partial charge on any atom is 0.272 e. The Kier molecular flexibility index (Phi) is 4.13. The standard InChI is InChI=1S/C18H17BrN2O4/c19-13-8-21-14(17(23)20-10-18(21)6-7-24-11-18)16(15(13)22)25-9-12-4-2-1-3-5-12/h1-5,8H,6-7,9-11H2,(H,20,23). The van der Waals surface area contributed by atoms with E-state index in [0.717, 1.165) is 12.0 Å². The number of hydrogen-bond acceptors (Lipinski definition) is 4. The normalized spacial score (nSPS) is 21.9. The lowest BCUT2D eigenvalue weighted by Crippen LogP contribution is -2.53. The van der Waals surface area contributed by atoms with Gasteiger partial charge in [-0.1, -0.05) is 30.3 Å². The average molecular weight is 405 g/mol. The number of benzene rings is 1. The highest BCUT2D eigenvalue weighted by Gasteiger charge is 2.43. The van der Waals surface area contributed by atoms with E-state index in [1.54, 1.807) is 6.20 Å². The van der Waals surface area contributed by atoms with Crippen molar-refractivity contribution in [2.45, 2.75) is 18.6 Å². The number of nitrogens with zero attached hydrogens (tertiary/aromatic N) is 1. The summed E-state index contributed by atoms with van der Waals surface area (Å²) in [4.78, 5) is 25.1. The van der Waals surface area contributed by atoms with Crippen LogP contribution >= 0.6 is 15.9 Å². The first-order valence-corrected chi connectivity index (χ1v) is 8.88. The highest BCUT2D eigenvalue weighted by molar-refractivity contribution is 9.10. The largest absolute Gasteiger partial charge is 0.483 e. The first kappa shape index (κ1) is 16.4. The molecule has 4 rings (SSSR count). The van der Waals surface area contributed by atoms with Crippen molar-refractivity contribution in [3.8, 4) is 5.75 Å². The van der Waals surface area contributed by atoms with Gasteiger partial charge in [0, 0.05) is 19.3 Å². The molecule has 0 bridgehead atoms. The molecule has 0 saturated carbocycles. The minimum absolute atomic E-state index is 0.0710. The third-order valence-electron chi connectivity index (χ3n) is 4.73. The quantitative estimate of drug-likeness (QED) is 0.849. The molecule has 25 heavy (non-hydrogen) atoms. The fraction of sp³-hybridized carbons (Fsp3) is 0.333. The van der Waals surface area contributed by atoms with Crippen LogP contribution in [-0.4, -0.2) is 30.2 Å². The molecule has 1 aromatic heterocycles. The summed E-state index contributed by atoms with van der Waals surface area (Å²) in [5.41, 5.74) is 0.495. The molecule has 2 aliphatic rings. The lowest BCUT2D eigenvalue weighted by Gasteiger charge is -2.37. The molecule has 2 aliphatic heterocycles. The predicted molar refractivity (Wildman–Crippen MR) is 94.9 cm³/mol. The monoisotopic (exact) mass is 404 g/mol. The molecule has 6 nitrogen and oxygen atoms in total. The highest BCUT2D eigenvalue weighted by Crippen LogP contribution is 2.34. The molecule has 3 heterocycles. The Morgan fingerprint density at radius 2 is 2.08 bits per heavy atom. The number of carbonyl (C=O) groups is 1. The summed E-state index contributed by atoms with van der Waals surface area (Å²) >= 11 is 3.32. The minimum Gasteiger partial charge on any atom is -0.483 e. The van der Waals surface area contributed by atoms with Crippen LogP contribution in [0.1, 0.15) is 22.5 Å². The molecule has 1 fully saturated rings. The predicted octanol–water partition coefficient (Wildman–Crippen LogP) is 2.05. The molecule has 2 aromatic rings. The van der Waals surface area contributed by atoms with E-state index < -0.39 is 0 Å². The van der Waals surface area contributed by atoms with Crippen LogP contribution in [0.25, 0.3) is 0 Å². The fourth-order valence-corrected chi connectivity index (χ4v) is 3.74. The zero-order valence-corrected chi connectivity index (χ0v) is 15.0. The molecular weight excluding hydrogens is 388 g/mol. The van der Waals surface area contributed by atoms with E-state index in [1.807, 2.05) is 34.9 Å². The summed E-state index contributed by atoms with van der Waals surface area (Å²) in [6.07, 6.45) is 2.45. The molecule has 1 unspecified atom stereocenters. The van der Waals surface area contributed by atoms with Crippen LogP contribution in [0.5, 0.6) is 5.75 Å². The molecule has 1 aromatic carbocycles. The Morgan fingerprint density at radius 1 is 1.28 bits per heavy atom. The molecule has 1 atom stereocenters. The van der Waals surface area contributed by atoms with Crippen molar-refractivity contribution in [2.75, 3.05) is 19.8 Å². The Balaban J connectivity index is 1.80. The van der Waals surface area contributed by atoms with Crippen molar-refractivity contribution < 1.29 is 14.3 Å². The number of ether oxygens (including phenoxy) is 2. The van der Waals surface area contributed by atoms with Crippen LogP contribution in [0.15, 0.2) is 45.8 Å². The van der Waals surface area contributed by atoms with Gasteiger partial charge in [-0.05, 0) is 27.9 Å². The molecule has 1 spiro atoms. The van der Waals surface area contributed by atoms with Gasteiger partial charge in [-0.2, -0.15) is 0 Å². The summed E-state index contributed by atoms with van der Waals surface area (Å²) in [6.45, 7) is 1.82. The van der Waals surface area contributed by atoms with E-state index in [4.69, 9.17) is 9.47 Å². The Morgan fingerprint density at radius 3 is 2.80 bits per heavy atom. The van der Waals surface area contributed by atoms with Crippen LogP contribution in [-0.2, 0) is 16.9 Å². The number of carbonyl (C=O) groups excluding carboxylic acids is 1. The van der Waals surface area contributed by atoms with Crippen molar-refractivity contribution >= 4 is 21.8 Å². The van der Waals surface area contributed by atoms with Crippen LogP contribution in [0.3, 0.4) is 0 Å². The SMILES string of the molecule is O=C1NCC2(CCOC2)n2cc(Br)c(=O)c(OCc3ccccc3)c21. The lowest BCUT2D eigenvalue weighted by molar-refractivity contribution is 0.0830. The number of hydrogen-bond donors (Lipinski definition) is 1. The van der Waals surface area contributed by atoms with Crippen LogP contribution in [0, 0.1) is 0 Å². The first-order valence-electron chi connectivity index (χ1n) is 8.09. The number of pyridine rings is 1. The van der Waals surface area contributed by atoms with Crippen molar-refractivity contribution in [3.63, 3.8) is 0 Å².